The maximum atomic E-state index is 11.9. The zero-order valence-corrected chi connectivity index (χ0v) is 12.9. The largest absolute Gasteiger partial charge is 0.394 e. The first-order valence-electron chi connectivity index (χ1n) is 6.84. The van der Waals surface area contributed by atoms with E-state index in [9.17, 15) is 14.7 Å². The molecule has 7 nitrogen and oxygen atoms in total. The fraction of sp³-hybridized carbons (Fsp3) is 0.692. The van der Waals surface area contributed by atoms with E-state index in [0.717, 1.165) is 5.75 Å². The summed E-state index contributed by atoms with van der Waals surface area (Å²) >= 11 is 1.64. The smallest absolute Gasteiger partial charge is 0.330 e. The van der Waals surface area contributed by atoms with Crippen LogP contribution in [0.25, 0.3) is 0 Å². The number of aromatic nitrogens is 2. The number of aromatic amines is 1. The van der Waals surface area contributed by atoms with E-state index in [1.54, 1.807) is 18.7 Å². The van der Waals surface area contributed by atoms with Crippen LogP contribution >= 0.6 is 11.8 Å². The monoisotopic (exact) mass is 316 g/mol. The van der Waals surface area contributed by atoms with E-state index in [0.29, 0.717) is 17.9 Å². The third-order valence-electron chi connectivity index (χ3n) is 3.39. The summed E-state index contributed by atoms with van der Waals surface area (Å²) in [4.78, 5) is 25.5. The molecule has 0 spiro atoms. The number of hydrogen-bond acceptors (Lipinski definition) is 6. The van der Waals surface area contributed by atoms with Gasteiger partial charge in [-0.1, -0.05) is 6.92 Å². The van der Waals surface area contributed by atoms with Crippen molar-refractivity contribution in [1.29, 1.82) is 0 Å². The second kappa shape index (κ2) is 7.26. The van der Waals surface area contributed by atoms with E-state index < -0.39 is 23.6 Å². The van der Waals surface area contributed by atoms with Crippen LogP contribution in [0.15, 0.2) is 15.8 Å². The van der Waals surface area contributed by atoms with Gasteiger partial charge in [0.25, 0.3) is 5.56 Å². The molecule has 0 aromatic carbocycles. The van der Waals surface area contributed by atoms with Crippen molar-refractivity contribution in [3.05, 3.63) is 32.6 Å². The molecule has 0 aliphatic carbocycles. The summed E-state index contributed by atoms with van der Waals surface area (Å²) in [6, 6.07) is 0. The van der Waals surface area contributed by atoms with Crippen molar-refractivity contribution in [2.45, 2.75) is 38.7 Å². The Morgan fingerprint density at radius 2 is 2.33 bits per heavy atom. The van der Waals surface area contributed by atoms with Crippen molar-refractivity contribution in [2.24, 2.45) is 0 Å². The van der Waals surface area contributed by atoms with Gasteiger partial charge in [-0.15, -0.1) is 11.8 Å². The van der Waals surface area contributed by atoms with Crippen LogP contribution in [-0.4, -0.2) is 45.2 Å². The summed E-state index contributed by atoms with van der Waals surface area (Å²) in [5, 5.41) is 9.37. The quantitative estimate of drug-likeness (QED) is 0.576. The average Bonchev–Trinajstić information content (AvgIpc) is 2.86. The predicted molar refractivity (Wildman–Crippen MR) is 79.5 cm³/mol. The number of ether oxygens (including phenoxy) is 2. The van der Waals surface area contributed by atoms with Crippen molar-refractivity contribution < 1.29 is 14.6 Å². The topological polar surface area (TPSA) is 93.6 Å². The Hall–Kier alpha value is -1.09. The first kappa shape index (κ1) is 16.3. The minimum Gasteiger partial charge on any atom is -0.394 e. The van der Waals surface area contributed by atoms with Gasteiger partial charge in [0.05, 0.1) is 18.6 Å². The van der Waals surface area contributed by atoms with Crippen LogP contribution in [-0.2, 0) is 9.47 Å². The van der Waals surface area contributed by atoms with Gasteiger partial charge in [-0.25, -0.2) is 4.79 Å². The zero-order chi connectivity index (χ0) is 15.4. The van der Waals surface area contributed by atoms with Crippen molar-refractivity contribution in [3.63, 3.8) is 0 Å². The van der Waals surface area contributed by atoms with Crippen LogP contribution in [0.5, 0.6) is 0 Å². The number of aliphatic hydroxyl groups is 1. The van der Waals surface area contributed by atoms with Gasteiger partial charge in [-0.2, -0.15) is 0 Å². The van der Waals surface area contributed by atoms with Gasteiger partial charge in [0.2, 0.25) is 0 Å². The van der Waals surface area contributed by atoms with Gasteiger partial charge in [0.15, 0.2) is 0 Å². The third-order valence-corrected chi connectivity index (χ3v) is 4.10. The lowest BCUT2D eigenvalue weighted by molar-refractivity contribution is -0.0555. The SMILES string of the molecule is CCSCO[C@H]1C[C@H](n2cc(C)c(=O)[nH]c2=O)O[C@@H]1CO. The summed E-state index contributed by atoms with van der Waals surface area (Å²) in [5.41, 5.74) is -0.486. The summed E-state index contributed by atoms with van der Waals surface area (Å²) in [6.07, 6.45) is 0.663. The average molecular weight is 316 g/mol. The fourth-order valence-electron chi connectivity index (χ4n) is 2.23. The molecule has 1 aliphatic rings. The van der Waals surface area contributed by atoms with Crippen molar-refractivity contribution in [3.8, 4) is 0 Å². The molecule has 1 aromatic heterocycles. The summed E-state index contributed by atoms with van der Waals surface area (Å²) in [6.45, 7) is 3.49. The number of thioether (sulfide) groups is 1. The molecule has 2 rings (SSSR count). The molecular formula is C13H20N2O5S. The van der Waals surface area contributed by atoms with Gasteiger partial charge in [-0.05, 0) is 12.7 Å². The molecule has 2 heterocycles. The second-order valence-corrected chi connectivity index (χ2v) is 6.06. The lowest BCUT2D eigenvalue weighted by atomic mass is 10.2. The van der Waals surface area contributed by atoms with Crippen molar-refractivity contribution in [2.75, 3.05) is 18.3 Å². The lowest BCUT2D eigenvalue weighted by Crippen LogP contribution is -2.33. The van der Waals surface area contributed by atoms with E-state index in [4.69, 9.17) is 9.47 Å². The minimum absolute atomic E-state index is 0.172. The summed E-state index contributed by atoms with van der Waals surface area (Å²) in [7, 11) is 0. The van der Waals surface area contributed by atoms with Gasteiger partial charge < -0.3 is 14.6 Å². The Kier molecular flexibility index (Phi) is 5.63. The highest BCUT2D eigenvalue weighted by Crippen LogP contribution is 2.30. The highest BCUT2D eigenvalue weighted by Gasteiger charge is 2.37. The number of rotatable bonds is 6. The molecule has 1 aliphatic heterocycles. The number of nitrogens with one attached hydrogen (secondary N) is 1. The van der Waals surface area contributed by atoms with E-state index in [-0.39, 0.29) is 12.7 Å². The maximum absolute atomic E-state index is 11.9. The van der Waals surface area contributed by atoms with Crippen LogP contribution in [0.1, 0.15) is 25.1 Å². The molecule has 2 N–H and O–H groups in total. The van der Waals surface area contributed by atoms with Gasteiger partial charge in [-0.3, -0.25) is 14.3 Å². The summed E-state index contributed by atoms with van der Waals surface area (Å²) < 4.78 is 12.7. The molecule has 0 unspecified atom stereocenters. The van der Waals surface area contributed by atoms with E-state index in [2.05, 4.69) is 4.98 Å². The molecule has 1 fully saturated rings. The second-order valence-electron chi connectivity index (χ2n) is 4.84. The molecule has 1 saturated heterocycles. The molecule has 0 bridgehead atoms. The first-order chi connectivity index (χ1) is 10.1. The highest BCUT2D eigenvalue weighted by molar-refractivity contribution is 7.99. The molecule has 118 valence electrons. The van der Waals surface area contributed by atoms with E-state index in [1.807, 2.05) is 6.92 Å². The number of H-pyrrole nitrogens is 1. The molecule has 0 amide bonds. The van der Waals surface area contributed by atoms with Gasteiger partial charge in [0, 0.05) is 18.2 Å². The van der Waals surface area contributed by atoms with Crippen LogP contribution in [0.3, 0.4) is 0 Å². The number of aliphatic hydroxyl groups excluding tert-OH is 1. The molecule has 3 atom stereocenters. The Bertz CT molecular complexity index is 585. The molecule has 1 aromatic rings. The standard InChI is InChI=1S/C13H20N2O5S/c1-3-21-7-19-9-4-11(20-10(9)6-16)15-5-8(2)12(17)14-13(15)18/h5,9-11,16H,3-4,6-7H2,1-2H3,(H,14,17,18)/t9-,10+,11+/m0/s1. The van der Waals surface area contributed by atoms with Crippen LogP contribution in [0, 0.1) is 6.92 Å². The molecule has 21 heavy (non-hydrogen) atoms. The predicted octanol–water partition coefficient (Wildman–Crippen LogP) is 0.221. The Morgan fingerprint density at radius 3 is 3.00 bits per heavy atom. The molecular weight excluding hydrogens is 296 g/mol. The number of hydrogen-bond donors (Lipinski definition) is 2. The minimum atomic E-state index is -0.540. The first-order valence-corrected chi connectivity index (χ1v) is 8.00. The molecule has 8 heteroatoms. The third kappa shape index (κ3) is 3.76. The Morgan fingerprint density at radius 1 is 1.57 bits per heavy atom. The Balaban J connectivity index is 2.13. The van der Waals surface area contributed by atoms with Gasteiger partial charge >= 0.3 is 5.69 Å². The molecule has 0 radical (unpaired) electrons. The highest BCUT2D eigenvalue weighted by atomic mass is 32.2. The summed E-state index contributed by atoms with van der Waals surface area (Å²) in [5.74, 6) is 1.46. The fourth-order valence-corrected chi connectivity index (χ4v) is 2.67. The zero-order valence-electron chi connectivity index (χ0n) is 12.1. The van der Waals surface area contributed by atoms with Crippen LogP contribution in [0.2, 0.25) is 0 Å². The lowest BCUT2D eigenvalue weighted by Gasteiger charge is -2.16. The molecule has 0 saturated carbocycles. The van der Waals surface area contributed by atoms with E-state index >= 15 is 0 Å². The Labute approximate surface area is 126 Å². The maximum Gasteiger partial charge on any atom is 0.330 e. The number of aryl methyl sites for hydroxylation is 1. The van der Waals surface area contributed by atoms with E-state index in [1.165, 1.54) is 10.8 Å². The van der Waals surface area contributed by atoms with Crippen molar-refractivity contribution >= 4 is 11.8 Å². The van der Waals surface area contributed by atoms with Crippen LogP contribution < -0.4 is 11.2 Å². The van der Waals surface area contributed by atoms with Gasteiger partial charge in [0.1, 0.15) is 12.3 Å². The number of nitrogens with zero attached hydrogens (tertiary/aromatic N) is 1. The van der Waals surface area contributed by atoms with Crippen molar-refractivity contribution in [1.82, 2.24) is 9.55 Å². The normalized spacial score (nSPS) is 25.4. The van der Waals surface area contributed by atoms with Crippen LogP contribution in [0.4, 0.5) is 0 Å².